The average Bonchev–Trinajstić information content (AvgIpc) is 3.26. The Morgan fingerprint density at radius 3 is 2.79 bits per heavy atom. The lowest BCUT2D eigenvalue weighted by atomic mass is 10.1. The van der Waals surface area contributed by atoms with E-state index in [1.54, 1.807) is 7.11 Å². The van der Waals surface area contributed by atoms with Crippen molar-refractivity contribution >= 4 is 0 Å². The van der Waals surface area contributed by atoms with Gasteiger partial charge in [-0.15, -0.1) is 0 Å². The van der Waals surface area contributed by atoms with Crippen LogP contribution in [0.1, 0.15) is 30.9 Å². The van der Waals surface area contributed by atoms with Gasteiger partial charge >= 0.3 is 0 Å². The smallest absolute Gasteiger partial charge is 0.0589 e. The van der Waals surface area contributed by atoms with Crippen molar-refractivity contribution in [1.29, 1.82) is 0 Å². The van der Waals surface area contributed by atoms with Crippen molar-refractivity contribution in [2.45, 2.75) is 38.9 Å². The normalized spacial score (nSPS) is 15.1. The van der Waals surface area contributed by atoms with Crippen molar-refractivity contribution in [2.75, 3.05) is 26.8 Å². The molecular formula is C16H26N2O. The molecule has 1 N–H and O–H groups in total. The highest BCUT2D eigenvalue weighted by atomic mass is 16.5. The fourth-order valence-electron chi connectivity index (χ4n) is 2.38. The van der Waals surface area contributed by atoms with Gasteiger partial charge in [-0.3, -0.25) is 4.90 Å². The lowest BCUT2D eigenvalue weighted by molar-refractivity contribution is 0.139. The number of ether oxygens (including phenoxy) is 1. The Hall–Kier alpha value is -0.900. The van der Waals surface area contributed by atoms with Crippen molar-refractivity contribution < 1.29 is 4.74 Å². The van der Waals surface area contributed by atoms with E-state index in [9.17, 15) is 0 Å². The van der Waals surface area contributed by atoms with Crippen LogP contribution in [0.15, 0.2) is 24.3 Å². The van der Waals surface area contributed by atoms with E-state index in [1.807, 2.05) is 0 Å². The molecule has 0 aliphatic heterocycles. The molecule has 0 radical (unpaired) electrons. The molecule has 3 heteroatoms. The highest BCUT2D eigenvalue weighted by molar-refractivity contribution is 5.23. The molecule has 0 saturated heterocycles. The Morgan fingerprint density at radius 2 is 2.11 bits per heavy atom. The van der Waals surface area contributed by atoms with Gasteiger partial charge in [-0.1, -0.05) is 31.2 Å². The standard InChI is InChI=1S/C16H26N2O/c1-3-17-12-14-5-4-6-15(11-14)13-18(9-10-19-2)16-7-8-16/h4-6,11,16-17H,3,7-10,12-13H2,1-2H3. The predicted octanol–water partition coefficient (Wildman–Crippen LogP) is 2.41. The molecular weight excluding hydrogens is 236 g/mol. The highest BCUT2D eigenvalue weighted by Gasteiger charge is 2.28. The second-order valence-electron chi connectivity index (χ2n) is 5.29. The van der Waals surface area contributed by atoms with Gasteiger partial charge in [-0.2, -0.15) is 0 Å². The summed E-state index contributed by atoms with van der Waals surface area (Å²) in [6, 6.07) is 9.71. The van der Waals surface area contributed by atoms with Crippen LogP contribution in [-0.2, 0) is 17.8 Å². The molecule has 0 unspecified atom stereocenters. The zero-order valence-corrected chi connectivity index (χ0v) is 12.2. The van der Waals surface area contributed by atoms with Crippen LogP contribution < -0.4 is 5.32 Å². The Balaban J connectivity index is 1.92. The fraction of sp³-hybridized carbons (Fsp3) is 0.625. The van der Waals surface area contributed by atoms with Gasteiger partial charge in [-0.25, -0.2) is 0 Å². The molecule has 0 aromatic heterocycles. The quantitative estimate of drug-likeness (QED) is 0.739. The molecule has 1 aromatic carbocycles. The first kappa shape index (κ1) is 14.5. The fourth-order valence-corrected chi connectivity index (χ4v) is 2.38. The topological polar surface area (TPSA) is 24.5 Å². The van der Waals surface area contributed by atoms with E-state index in [4.69, 9.17) is 4.74 Å². The zero-order valence-electron chi connectivity index (χ0n) is 12.2. The molecule has 0 amide bonds. The van der Waals surface area contributed by atoms with E-state index < -0.39 is 0 Å². The van der Waals surface area contributed by atoms with Crippen LogP contribution in [0, 0.1) is 0 Å². The maximum absolute atomic E-state index is 5.21. The second kappa shape index (κ2) is 7.63. The maximum atomic E-state index is 5.21. The molecule has 0 atom stereocenters. The monoisotopic (exact) mass is 262 g/mol. The molecule has 19 heavy (non-hydrogen) atoms. The van der Waals surface area contributed by atoms with Crippen LogP contribution in [-0.4, -0.2) is 37.7 Å². The van der Waals surface area contributed by atoms with Crippen LogP contribution in [0.4, 0.5) is 0 Å². The Labute approximate surface area is 116 Å². The minimum Gasteiger partial charge on any atom is -0.383 e. The van der Waals surface area contributed by atoms with Crippen molar-refractivity contribution in [3.63, 3.8) is 0 Å². The molecule has 0 spiro atoms. The summed E-state index contributed by atoms with van der Waals surface area (Å²) >= 11 is 0. The van der Waals surface area contributed by atoms with E-state index in [1.165, 1.54) is 24.0 Å². The number of nitrogens with zero attached hydrogens (tertiary/aromatic N) is 1. The minimum atomic E-state index is 0.785. The SMILES string of the molecule is CCNCc1cccc(CN(CCOC)C2CC2)c1. The summed E-state index contributed by atoms with van der Waals surface area (Å²) in [5.74, 6) is 0. The lowest BCUT2D eigenvalue weighted by Gasteiger charge is -2.22. The molecule has 1 fully saturated rings. The molecule has 3 nitrogen and oxygen atoms in total. The van der Waals surface area contributed by atoms with Gasteiger partial charge in [0.05, 0.1) is 6.61 Å². The van der Waals surface area contributed by atoms with E-state index in [-0.39, 0.29) is 0 Å². The molecule has 106 valence electrons. The Bertz CT molecular complexity index is 377. The van der Waals surface area contributed by atoms with Gasteiger partial charge in [0.1, 0.15) is 0 Å². The largest absolute Gasteiger partial charge is 0.383 e. The third kappa shape index (κ3) is 4.94. The van der Waals surface area contributed by atoms with E-state index in [2.05, 4.69) is 41.4 Å². The lowest BCUT2D eigenvalue weighted by Crippen LogP contribution is -2.29. The molecule has 0 bridgehead atoms. The minimum absolute atomic E-state index is 0.785. The Kier molecular flexibility index (Phi) is 5.83. The second-order valence-corrected chi connectivity index (χ2v) is 5.29. The van der Waals surface area contributed by atoms with Crippen LogP contribution in [0.5, 0.6) is 0 Å². The van der Waals surface area contributed by atoms with Gasteiger partial charge in [-0.05, 0) is 30.5 Å². The van der Waals surface area contributed by atoms with Crippen molar-refractivity contribution in [1.82, 2.24) is 10.2 Å². The summed E-state index contributed by atoms with van der Waals surface area (Å²) in [5.41, 5.74) is 2.79. The summed E-state index contributed by atoms with van der Waals surface area (Å²) in [5, 5.41) is 3.38. The Morgan fingerprint density at radius 1 is 1.32 bits per heavy atom. The molecule has 1 aliphatic rings. The van der Waals surface area contributed by atoms with Crippen LogP contribution in [0.2, 0.25) is 0 Å². The summed E-state index contributed by atoms with van der Waals surface area (Å²) in [7, 11) is 1.78. The van der Waals surface area contributed by atoms with Gasteiger partial charge in [0, 0.05) is 32.8 Å². The van der Waals surface area contributed by atoms with Crippen molar-refractivity contribution in [2.24, 2.45) is 0 Å². The molecule has 1 saturated carbocycles. The average molecular weight is 262 g/mol. The third-order valence-corrected chi connectivity index (χ3v) is 3.60. The number of benzene rings is 1. The summed E-state index contributed by atoms with van der Waals surface area (Å²) in [4.78, 5) is 2.55. The summed E-state index contributed by atoms with van der Waals surface area (Å²) in [6.07, 6.45) is 2.70. The predicted molar refractivity (Wildman–Crippen MR) is 79.1 cm³/mol. The van der Waals surface area contributed by atoms with Crippen LogP contribution in [0.3, 0.4) is 0 Å². The number of rotatable bonds is 9. The van der Waals surface area contributed by atoms with Gasteiger partial charge in [0.25, 0.3) is 0 Å². The molecule has 1 aromatic rings. The molecule has 0 heterocycles. The summed E-state index contributed by atoms with van der Waals surface area (Å²) < 4.78 is 5.21. The maximum Gasteiger partial charge on any atom is 0.0589 e. The van der Waals surface area contributed by atoms with Crippen LogP contribution in [0.25, 0.3) is 0 Å². The first-order valence-corrected chi connectivity index (χ1v) is 7.35. The number of hydrogen-bond acceptors (Lipinski definition) is 3. The highest BCUT2D eigenvalue weighted by Crippen LogP contribution is 2.28. The zero-order chi connectivity index (χ0) is 13.5. The van der Waals surface area contributed by atoms with Crippen LogP contribution >= 0.6 is 0 Å². The van der Waals surface area contributed by atoms with E-state index in [0.717, 1.165) is 38.8 Å². The first-order chi connectivity index (χ1) is 9.33. The van der Waals surface area contributed by atoms with Gasteiger partial charge in [0.15, 0.2) is 0 Å². The van der Waals surface area contributed by atoms with Gasteiger partial charge in [0.2, 0.25) is 0 Å². The van der Waals surface area contributed by atoms with Crippen molar-refractivity contribution in [3.8, 4) is 0 Å². The first-order valence-electron chi connectivity index (χ1n) is 7.35. The van der Waals surface area contributed by atoms with Crippen molar-refractivity contribution in [3.05, 3.63) is 35.4 Å². The number of nitrogens with one attached hydrogen (secondary N) is 1. The molecule has 2 rings (SSSR count). The molecule has 1 aliphatic carbocycles. The van der Waals surface area contributed by atoms with E-state index >= 15 is 0 Å². The number of hydrogen-bond donors (Lipinski definition) is 1. The third-order valence-electron chi connectivity index (χ3n) is 3.60. The summed E-state index contributed by atoms with van der Waals surface area (Å²) in [6.45, 7) is 7.04. The number of methoxy groups -OCH3 is 1. The van der Waals surface area contributed by atoms with Gasteiger partial charge < -0.3 is 10.1 Å². The van der Waals surface area contributed by atoms with E-state index in [0.29, 0.717) is 0 Å².